The minimum absolute atomic E-state index is 0.0764. The van der Waals surface area contributed by atoms with Gasteiger partial charge in [-0.2, -0.15) is 5.10 Å². The molecular formula is C17H23N5O. The van der Waals surface area contributed by atoms with Crippen LogP contribution in [0.4, 0.5) is 5.69 Å². The van der Waals surface area contributed by atoms with E-state index in [0.29, 0.717) is 11.5 Å². The molecule has 3 heterocycles. The Bertz CT molecular complexity index is 669. The van der Waals surface area contributed by atoms with Gasteiger partial charge in [0.2, 0.25) is 0 Å². The highest BCUT2D eigenvalue weighted by atomic mass is 16.2. The van der Waals surface area contributed by atoms with Gasteiger partial charge in [-0.25, -0.2) is 0 Å². The molecule has 0 atom stereocenters. The lowest BCUT2D eigenvalue weighted by atomic mass is 9.92. The van der Waals surface area contributed by atoms with E-state index in [1.165, 1.54) is 0 Å². The second kappa shape index (κ2) is 6.40. The molecule has 1 aliphatic rings. The Labute approximate surface area is 136 Å². The van der Waals surface area contributed by atoms with Crippen LogP contribution in [0.2, 0.25) is 0 Å². The first kappa shape index (κ1) is 15.5. The third kappa shape index (κ3) is 3.36. The van der Waals surface area contributed by atoms with Crippen molar-refractivity contribution in [1.82, 2.24) is 19.7 Å². The molecule has 1 aliphatic heterocycles. The van der Waals surface area contributed by atoms with Gasteiger partial charge >= 0.3 is 0 Å². The van der Waals surface area contributed by atoms with E-state index < -0.39 is 0 Å². The molecule has 0 unspecified atom stereocenters. The molecule has 6 nitrogen and oxygen atoms in total. The highest BCUT2D eigenvalue weighted by Crippen LogP contribution is 2.28. The summed E-state index contributed by atoms with van der Waals surface area (Å²) in [7, 11) is 5.85. The van der Waals surface area contributed by atoms with E-state index in [1.807, 2.05) is 37.1 Å². The molecule has 0 spiro atoms. The molecule has 0 N–H and O–H groups in total. The summed E-state index contributed by atoms with van der Waals surface area (Å²) in [6.07, 6.45) is 7.25. The maximum absolute atomic E-state index is 12.4. The number of carbonyl (C=O) groups is 1. The number of hydrogen-bond acceptors (Lipinski definition) is 4. The number of hydrogen-bond donors (Lipinski definition) is 0. The number of aryl methyl sites for hydroxylation is 1. The summed E-state index contributed by atoms with van der Waals surface area (Å²) in [5.41, 5.74) is 2.90. The minimum atomic E-state index is 0.0764. The van der Waals surface area contributed by atoms with Gasteiger partial charge in [0.1, 0.15) is 0 Å². The maximum Gasteiger partial charge on any atom is 0.257 e. The van der Waals surface area contributed by atoms with Crippen molar-refractivity contribution in [3.05, 3.63) is 42.0 Å². The quantitative estimate of drug-likeness (QED) is 0.868. The normalized spacial score (nSPS) is 15.7. The molecule has 0 bridgehead atoms. The fourth-order valence-corrected chi connectivity index (χ4v) is 3.00. The zero-order valence-corrected chi connectivity index (χ0v) is 13.9. The maximum atomic E-state index is 12.4. The predicted octanol–water partition coefficient (Wildman–Crippen LogP) is 1.90. The smallest absolute Gasteiger partial charge is 0.257 e. The Morgan fingerprint density at radius 2 is 1.96 bits per heavy atom. The zero-order valence-electron chi connectivity index (χ0n) is 13.9. The molecule has 1 fully saturated rings. The molecule has 3 rings (SSSR count). The van der Waals surface area contributed by atoms with Crippen molar-refractivity contribution < 1.29 is 4.79 Å². The number of pyridine rings is 1. The first-order chi connectivity index (χ1) is 11.0. The number of nitrogens with zero attached hydrogens (tertiary/aromatic N) is 5. The van der Waals surface area contributed by atoms with Crippen molar-refractivity contribution in [3.8, 4) is 0 Å². The van der Waals surface area contributed by atoms with E-state index >= 15 is 0 Å². The molecule has 23 heavy (non-hydrogen) atoms. The fourth-order valence-electron chi connectivity index (χ4n) is 3.00. The van der Waals surface area contributed by atoms with Crippen molar-refractivity contribution >= 4 is 11.6 Å². The number of aromatic nitrogens is 3. The number of likely N-dealkylation sites (tertiary alicyclic amines) is 1. The summed E-state index contributed by atoms with van der Waals surface area (Å²) in [6, 6.07) is 4.22. The van der Waals surface area contributed by atoms with E-state index in [4.69, 9.17) is 0 Å². The van der Waals surface area contributed by atoms with Crippen LogP contribution in [-0.2, 0) is 7.05 Å². The molecule has 2 aromatic heterocycles. The standard InChI is InChI=1S/C17H23N5O/c1-20(2)15-4-5-16(18-11-15)13-6-8-22(9-7-13)17(23)14-10-19-21(3)12-14/h4-5,10-13H,6-9H2,1-3H3. The second-order valence-corrected chi connectivity index (χ2v) is 6.30. The van der Waals surface area contributed by atoms with Crippen LogP contribution in [0, 0.1) is 0 Å². The van der Waals surface area contributed by atoms with Crippen LogP contribution in [-0.4, -0.2) is 52.8 Å². The summed E-state index contributed by atoms with van der Waals surface area (Å²) in [5, 5.41) is 4.07. The molecule has 6 heteroatoms. The third-order valence-electron chi connectivity index (χ3n) is 4.44. The second-order valence-electron chi connectivity index (χ2n) is 6.30. The zero-order chi connectivity index (χ0) is 16.4. The van der Waals surface area contributed by atoms with E-state index in [9.17, 15) is 4.79 Å². The molecule has 0 saturated carbocycles. The van der Waals surface area contributed by atoms with Gasteiger partial charge in [-0.3, -0.25) is 14.5 Å². The van der Waals surface area contributed by atoms with Gasteiger partial charge in [-0.1, -0.05) is 0 Å². The summed E-state index contributed by atoms with van der Waals surface area (Å²) in [6.45, 7) is 1.55. The van der Waals surface area contributed by atoms with Crippen molar-refractivity contribution in [2.75, 3.05) is 32.1 Å². The van der Waals surface area contributed by atoms with E-state index in [0.717, 1.165) is 37.3 Å². The first-order valence-corrected chi connectivity index (χ1v) is 7.96. The molecule has 122 valence electrons. The Morgan fingerprint density at radius 1 is 1.22 bits per heavy atom. The third-order valence-corrected chi connectivity index (χ3v) is 4.44. The predicted molar refractivity (Wildman–Crippen MR) is 89.7 cm³/mol. The largest absolute Gasteiger partial charge is 0.376 e. The lowest BCUT2D eigenvalue weighted by Crippen LogP contribution is -2.37. The molecule has 1 amide bonds. The van der Waals surface area contributed by atoms with Crippen LogP contribution in [0.5, 0.6) is 0 Å². The minimum Gasteiger partial charge on any atom is -0.376 e. The van der Waals surface area contributed by atoms with Gasteiger partial charge in [0, 0.05) is 52.0 Å². The van der Waals surface area contributed by atoms with E-state index in [1.54, 1.807) is 17.1 Å². The van der Waals surface area contributed by atoms with Gasteiger partial charge in [0.25, 0.3) is 5.91 Å². The van der Waals surface area contributed by atoms with Gasteiger partial charge in [-0.15, -0.1) is 0 Å². The van der Waals surface area contributed by atoms with Gasteiger partial charge in [0.15, 0.2) is 0 Å². The average Bonchev–Trinajstić information content (AvgIpc) is 3.01. The molecule has 0 aromatic carbocycles. The van der Waals surface area contributed by atoms with Crippen LogP contribution in [0.1, 0.15) is 34.8 Å². The van der Waals surface area contributed by atoms with Crippen LogP contribution in [0.3, 0.4) is 0 Å². The Balaban J connectivity index is 1.60. The van der Waals surface area contributed by atoms with Crippen LogP contribution in [0.25, 0.3) is 0 Å². The molecule has 0 aliphatic carbocycles. The SMILES string of the molecule is CN(C)c1ccc(C2CCN(C(=O)c3cnn(C)c3)CC2)nc1. The summed E-state index contributed by atoms with van der Waals surface area (Å²) in [5.74, 6) is 0.511. The van der Waals surface area contributed by atoms with Gasteiger partial charge in [-0.05, 0) is 25.0 Å². The van der Waals surface area contributed by atoms with E-state index in [-0.39, 0.29) is 5.91 Å². The molecule has 1 saturated heterocycles. The van der Waals surface area contributed by atoms with Gasteiger partial charge < -0.3 is 9.80 Å². The van der Waals surface area contributed by atoms with Crippen LogP contribution in [0.15, 0.2) is 30.7 Å². The summed E-state index contributed by atoms with van der Waals surface area (Å²) >= 11 is 0. The lowest BCUT2D eigenvalue weighted by Gasteiger charge is -2.31. The van der Waals surface area contributed by atoms with Crippen LogP contribution >= 0.6 is 0 Å². The monoisotopic (exact) mass is 313 g/mol. The van der Waals surface area contributed by atoms with Crippen molar-refractivity contribution in [2.24, 2.45) is 7.05 Å². The van der Waals surface area contributed by atoms with E-state index in [2.05, 4.69) is 22.2 Å². The summed E-state index contributed by atoms with van der Waals surface area (Å²) in [4.78, 5) is 21.0. The summed E-state index contributed by atoms with van der Waals surface area (Å²) < 4.78 is 1.66. The van der Waals surface area contributed by atoms with Crippen molar-refractivity contribution in [1.29, 1.82) is 0 Å². The average molecular weight is 313 g/mol. The van der Waals surface area contributed by atoms with Crippen LogP contribution < -0.4 is 4.90 Å². The van der Waals surface area contributed by atoms with Crippen molar-refractivity contribution in [3.63, 3.8) is 0 Å². The lowest BCUT2D eigenvalue weighted by molar-refractivity contribution is 0.0712. The first-order valence-electron chi connectivity index (χ1n) is 7.96. The Morgan fingerprint density at radius 3 is 2.48 bits per heavy atom. The number of piperidine rings is 1. The van der Waals surface area contributed by atoms with Crippen molar-refractivity contribution in [2.45, 2.75) is 18.8 Å². The number of carbonyl (C=O) groups excluding carboxylic acids is 1. The Kier molecular flexibility index (Phi) is 4.32. The Hall–Kier alpha value is -2.37. The number of amides is 1. The number of rotatable bonds is 3. The van der Waals surface area contributed by atoms with Gasteiger partial charge in [0.05, 0.1) is 23.6 Å². The molecule has 2 aromatic rings. The number of anilines is 1. The molecular weight excluding hydrogens is 290 g/mol. The highest BCUT2D eigenvalue weighted by Gasteiger charge is 2.25. The molecule has 0 radical (unpaired) electrons. The topological polar surface area (TPSA) is 54.3 Å². The highest BCUT2D eigenvalue weighted by molar-refractivity contribution is 5.93. The fraction of sp³-hybridized carbons (Fsp3) is 0.471.